The second kappa shape index (κ2) is 13.6. The molecule has 0 heterocycles. The van der Waals surface area contributed by atoms with E-state index >= 15 is 0 Å². The summed E-state index contributed by atoms with van der Waals surface area (Å²) in [5.74, 6) is 0. The van der Waals surface area contributed by atoms with Gasteiger partial charge < -0.3 is 0 Å². The fourth-order valence-electron chi connectivity index (χ4n) is 5.13. The first-order valence-electron chi connectivity index (χ1n) is 13.7. The highest BCUT2D eigenvalue weighted by molar-refractivity contribution is 7.89. The Bertz CT molecular complexity index is 1380. The zero-order valence-corrected chi connectivity index (χ0v) is 25.6. The molecular formula is C31H38ClN2O4S2+. The zero-order chi connectivity index (χ0) is 28.8. The Balaban J connectivity index is 1.62. The van der Waals surface area contributed by atoms with E-state index in [1.165, 1.54) is 0 Å². The minimum Gasteiger partial charge on any atom is -0.207 e. The van der Waals surface area contributed by atoms with Gasteiger partial charge in [0, 0.05) is 14.8 Å². The highest BCUT2D eigenvalue weighted by Gasteiger charge is 2.46. The van der Waals surface area contributed by atoms with Crippen molar-refractivity contribution < 1.29 is 17.2 Å². The summed E-state index contributed by atoms with van der Waals surface area (Å²) < 4.78 is 51.3. The lowest BCUT2D eigenvalue weighted by Gasteiger charge is -2.42. The van der Waals surface area contributed by atoms with E-state index < -0.39 is 33.8 Å². The largest absolute Gasteiger partial charge is 0.476 e. The van der Waals surface area contributed by atoms with E-state index in [0.29, 0.717) is 5.02 Å². The number of sulfonamides is 1. The minimum atomic E-state index is -3.81. The molecule has 1 fully saturated rings. The molecule has 1 saturated carbocycles. The van der Waals surface area contributed by atoms with Crippen molar-refractivity contribution in [1.29, 1.82) is 0 Å². The molecule has 9 heteroatoms. The van der Waals surface area contributed by atoms with Gasteiger partial charge in [0.05, 0.1) is 16.6 Å². The molecule has 0 radical (unpaired) electrons. The van der Waals surface area contributed by atoms with Crippen molar-refractivity contribution in [3.63, 3.8) is 0 Å². The smallest absolute Gasteiger partial charge is 0.207 e. The van der Waals surface area contributed by atoms with Gasteiger partial charge in [-0.1, -0.05) is 91.5 Å². The number of halogens is 1. The second-order valence-corrected chi connectivity index (χ2v) is 13.5. The number of hydrogen-bond donors (Lipinski definition) is 2. The van der Waals surface area contributed by atoms with Crippen molar-refractivity contribution in [3.8, 4) is 0 Å². The third-order valence-electron chi connectivity index (χ3n) is 7.56. The Morgan fingerprint density at radius 1 is 1.07 bits per heavy atom. The van der Waals surface area contributed by atoms with Gasteiger partial charge in [0.15, 0.2) is 6.10 Å². The van der Waals surface area contributed by atoms with E-state index in [-0.39, 0.29) is 10.3 Å². The van der Waals surface area contributed by atoms with Crippen LogP contribution in [0.15, 0.2) is 88.2 Å². The Morgan fingerprint density at radius 2 is 1.73 bits per heavy atom. The molecule has 0 amide bonds. The number of unbranched alkanes of at least 4 members (excludes halogenated alkanes) is 1. The number of nitrogens with zero attached hydrogens (tertiary/aromatic N) is 1. The Hall–Kier alpha value is -2.20. The summed E-state index contributed by atoms with van der Waals surface area (Å²) in [5.41, 5.74) is 3.54. The number of aryl methyl sites for hydroxylation is 1. The predicted octanol–water partition coefficient (Wildman–Crippen LogP) is 7.75. The number of rotatable bonds is 13. The molecule has 40 heavy (non-hydrogen) atoms. The summed E-state index contributed by atoms with van der Waals surface area (Å²) in [5, 5.41) is 0.684. The van der Waals surface area contributed by atoms with Crippen LogP contribution in [0, 0.1) is 6.92 Å². The molecule has 3 aromatic rings. The van der Waals surface area contributed by atoms with E-state index in [9.17, 15) is 13.0 Å². The first-order chi connectivity index (χ1) is 19.1. The zero-order valence-electron chi connectivity index (χ0n) is 23.2. The fourth-order valence-corrected chi connectivity index (χ4v) is 7.46. The predicted molar refractivity (Wildman–Crippen MR) is 165 cm³/mol. The first-order valence-corrected chi connectivity index (χ1v) is 16.7. The highest BCUT2D eigenvalue weighted by atomic mass is 35.5. The lowest BCUT2D eigenvalue weighted by molar-refractivity contribution is 0.183. The Kier molecular flexibility index (Phi) is 10.5. The Labute approximate surface area is 246 Å². The van der Waals surface area contributed by atoms with Crippen LogP contribution in [-0.2, 0) is 31.3 Å². The van der Waals surface area contributed by atoms with Crippen LogP contribution in [0.4, 0.5) is 0 Å². The molecule has 3 atom stereocenters. The van der Waals surface area contributed by atoms with Crippen molar-refractivity contribution in [3.05, 3.63) is 101 Å². The molecule has 0 spiro atoms. The standard InChI is InChI=1S/C31H38ClN2O4S2/c1-4-5-12-29(31(21-9-22-31)26-15-17-27(32)18-16-26)33-39(35)38-30(25-10-7-6-8-11-25)24(3)34-40(36,37)28-19-13-23(2)14-20-28/h6-8,10-11,13-20,24,30,34-35H,4-5,9,12,21-22H2,1-3H3/q+1/t24-,30-,39?/m1/s1. The van der Waals surface area contributed by atoms with Crippen LogP contribution in [0.25, 0.3) is 0 Å². The molecule has 3 aromatic carbocycles. The van der Waals surface area contributed by atoms with Gasteiger partial charge in [-0.2, -0.15) is 0 Å². The maximum Gasteiger partial charge on any atom is 0.476 e. The second-order valence-electron chi connectivity index (χ2n) is 10.5. The molecule has 4 rings (SSSR count). The summed E-state index contributed by atoms with van der Waals surface area (Å²) in [4.78, 5) is 0.175. The molecule has 0 aromatic heterocycles. The van der Waals surface area contributed by atoms with Gasteiger partial charge in [0.25, 0.3) is 0 Å². The van der Waals surface area contributed by atoms with Crippen LogP contribution >= 0.6 is 11.6 Å². The van der Waals surface area contributed by atoms with Gasteiger partial charge in [0.1, 0.15) is 0 Å². The molecule has 214 valence electrons. The molecule has 6 nitrogen and oxygen atoms in total. The molecule has 2 N–H and O–H groups in total. The van der Waals surface area contributed by atoms with E-state index in [1.807, 2.05) is 61.5 Å². The van der Waals surface area contributed by atoms with Crippen molar-refractivity contribution in [2.24, 2.45) is 4.40 Å². The minimum absolute atomic E-state index is 0.175. The lowest BCUT2D eigenvalue weighted by Crippen LogP contribution is -2.43. The molecule has 0 aliphatic heterocycles. The summed E-state index contributed by atoms with van der Waals surface area (Å²) in [6, 6.07) is 23.2. The molecular weight excluding hydrogens is 564 g/mol. The van der Waals surface area contributed by atoms with E-state index in [4.69, 9.17) is 20.2 Å². The average molecular weight is 602 g/mol. The maximum atomic E-state index is 13.2. The van der Waals surface area contributed by atoms with Crippen molar-refractivity contribution >= 4 is 39.0 Å². The summed E-state index contributed by atoms with van der Waals surface area (Å²) in [7, 11) is -3.81. The Morgan fingerprint density at radius 3 is 2.30 bits per heavy atom. The van der Waals surface area contributed by atoms with E-state index in [1.54, 1.807) is 31.2 Å². The van der Waals surface area contributed by atoms with Gasteiger partial charge in [-0.15, -0.1) is 8.74 Å². The van der Waals surface area contributed by atoms with Crippen LogP contribution in [0.3, 0.4) is 0 Å². The van der Waals surface area contributed by atoms with Gasteiger partial charge >= 0.3 is 11.6 Å². The summed E-state index contributed by atoms with van der Waals surface area (Å²) in [6.45, 7) is 5.78. The SMILES string of the molecule is CCCCC(=N[S+](O)O[C@@H](c1ccccc1)[C@@H](C)NS(=O)(=O)c1ccc(C)cc1)C1(c2ccc(Cl)cc2)CCC1. The number of hydrogen-bond acceptors (Lipinski definition) is 5. The third kappa shape index (κ3) is 7.35. The molecule has 1 aliphatic carbocycles. The normalized spacial score (nSPS) is 17.6. The van der Waals surface area contributed by atoms with Crippen LogP contribution < -0.4 is 4.72 Å². The number of nitrogens with one attached hydrogen (secondary N) is 1. The fraction of sp³-hybridized carbons (Fsp3) is 0.387. The van der Waals surface area contributed by atoms with Crippen LogP contribution in [-0.4, -0.2) is 24.7 Å². The van der Waals surface area contributed by atoms with Gasteiger partial charge in [-0.25, -0.2) is 13.1 Å². The van der Waals surface area contributed by atoms with Crippen molar-refractivity contribution in [2.75, 3.05) is 0 Å². The van der Waals surface area contributed by atoms with Crippen molar-refractivity contribution in [2.45, 2.75) is 81.8 Å². The monoisotopic (exact) mass is 601 g/mol. The topological polar surface area (TPSA) is 88.0 Å². The van der Waals surface area contributed by atoms with Crippen LogP contribution in [0.2, 0.25) is 5.02 Å². The highest BCUT2D eigenvalue weighted by Crippen LogP contribution is 2.47. The van der Waals surface area contributed by atoms with Gasteiger partial charge in [-0.3, -0.25) is 0 Å². The summed E-state index contributed by atoms with van der Waals surface area (Å²) >= 11 is 4.37. The molecule has 0 bridgehead atoms. The van der Waals surface area contributed by atoms with Crippen LogP contribution in [0.1, 0.15) is 75.2 Å². The van der Waals surface area contributed by atoms with Gasteiger partial charge in [0.2, 0.25) is 10.0 Å². The molecule has 1 unspecified atom stereocenters. The molecule has 1 aliphatic rings. The number of benzene rings is 3. The maximum absolute atomic E-state index is 13.2. The van der Waals surface area contributed by atoms with E-state index in [0.717, 1.165) is 60.9 Å². The summed E-state index contributed by atoms with van der Waals surface area (Å²) in [6.07, 6.45) is 4.91. The van der Waals surface area contributed by atoms with E-state index in [2.05, 4.69) is 11.6 Å². The van der Waals surface area contributed by atoms with Crippen LogP contribution in [0.5, 0.6) is 0 Å². The van der Waals surface area contributed by atoms with Crippen molar-refractivity contribution in [1.82, 2.24) is 4.72 Å². The molecule has 0 saturated heterocycles. The average Bonchev–Trinajstić information content (AvgIpc) is 2.91. The quantitative estimate of drug-likeness (QED) is 0.155. The lowest BCUT2D eigenvalue weighted by atomic mass is 9.61. The third-order valence-corrected chi connectivity index (χ3v) is 10.1. The van der Waals surface area contributed by atoms with Gasteiger partial charge in [-0.05, 0) is 74.9 Å². The first kappa shape index (κ1) is 30.8.